The molecule has 2 rings (SSSR count). The number of esters is 1. The maximum absolute atomic E-state index is 12.1. The number of non-ortho nitro benzene ring substituents is 1. The molecule has 1 aliphatic heterocycles. The molecule has 1 fully saturated rings. The molecule has 2 atom stereocenters. The topological polar surface area (TPSA) is 128 Å². The molecule has 0 spiro atoms. The fourth-order valence-corrected chi connectivity index (χ4v) is 2.80. The highest BCUT2D eigenvalue weighted by Gasteiger charge is 2.26. The molecular weight excluding hydrogens is 370 g/mol. The van der Waals surface area contributed by atoms with Gasteiger partial charge in [-0.1, -0.05) is 0 Å². The van der Waals surface area contributed by atoms with Crippen molar-refractivity contribution in [2.45, 2.75) is 32.5 Å². The molecule has 1 aromatic rings. The summed E-state index contributed by atoms with van der Waals surface area (Å²) >= 11 is 0. The number of hydrogen-bond acceptors (Lipinski definition) is 7. The van der Waals surface area contributed by atoms with Gasteiger partial charge in [-0.25, -0.2) is 0 Å². The number of rotatable bonds is 7. The first-order valence-electron chi connectivity index (χ1n) is 8.87. The number of nitro benzene ring substituents is 1. The van der Waals surface area contributed by atoms with Crippen molar-refractivity contribution < 1.29 is 28.8 Å². The molecule has 0 radical (unpaired) electrons. The van der Waals surface area contributed by atoms with Gasteiger partial charge < -0.3 is 19.7 Å². The Bertz CT molecular complexity index is 725. The second-order valence-corrected chi connectivity index (χ2v) is 6.53. The Balaban J connectivity index is 1.68. The second kappa shape index (κ2) is 9.79. The van der Waals surface area contributed by atoms with Gasteiger partial charge in [-0.05, 0) is 26.0 Å². The Morgan fingerprint density at radius 3 is 2.39 bits per heavy atom. The molecule has 28 heavy (non-hydrogen) atoms. The first-order valence-corrected chi connectivity index (χ1v) is 8.87. The maximum Gasteiger partial charge on any atom is 0.308 e. The van der Waals surface area contributed by atoms with Crippen LogP contribution in [0.2, 0.25) is 0 Å². The summed E-state index contributed by atoms with van der Waals surface area (Å²) in [4.78, 5) is 47.4. The van der Waals surface area contributed by atoms with Gasteiger partial charge in [-0.15, -0.1) is 0 Å². The highest BCUT2D eigenvalue weighted by Crippen LogP contribution is 2.12. The van der Waals surface area contributed by atoms with E-state index >= 15 is 0 Å². The van der Waals surface area contributed by atoms with Gasteiger partial charge in [0.05, 0.1) is 23.6 Å². The SMILES string of the molecule is C[C@@H]1CN(C(=O)COC(=O)CCNC(=O)c2ccc([N+](=O)[O-])cc2)C[C@@H](C)O1. The van der Waals surface area contributed by atoms with Crippen LogP contribution >= 0.6 is 0 Å². The van der Waals surface area contributed by atoms with Gasteiger partial charge >= 0.3 is 5.97 Å². The van der Waals surface area contributed by atoms with Gasteiger partial charge in [0.15, 0.2) is 6.61 Å². The molecule has 152 valence electrons. The number of nitrogens with zero attached hydrogens (tertiary/aromatic N) is 2. The molecule has 10 nitrogen and oxygen atoms in total. The number of carbonyl (C=O) groups is 3. The molecule has 1 saturated heterocycles. The lowest BCUT2D eigenvalue weighted by Crippen LogP contribution is -2.49. The van der Waals surface area contributed by atoms with E-state index in [4.69, 9.17) is 9.47 Å². The summed E-state index contributed by atoms with van der Waals surface area (Å²) in [5, 5.41) is 13.1. The van der Waals surface area contributed by atoms with Crippen LogP contribution in [0.5, 0.6) is 0 Å². The average molecular weight is 393 g/mol. The Morgan fingerprint density at radius 2 is 1.82 bits per heavy atom. The number of morpholine rings is 1. The summed E-state index contributed by atoms with van der Waals surface area (Å²) in [5.74, 6) is -1.35. The van der Waals surface area contributed by atoms with E-state index in [0.29, 0.717) is 13.1 Å². The Morgan fingerprint density at radius 1 is 1.21 bits per heavy atom. The Kier molecular flexibility index (Phi) is 7.44. The van der Waals surface area contributed by atoms with Crippen LogP contribution in [0.1, 0.15) is 30.6 Å². The number of benzene rings is 1. The highest BCUT2D eigenvalue weighted by atomic mass is 16.6. The summed E-state index contributed by atoms with van der Waals surface area (Å²) in [6.07, 6.45) is -0.238. The van der Waals surface area contributed by atoms with Crippen LogP contribution in [-0.2, 0) is 19.1 Å². The monoisotopic (exact) mass is 393 g/mol. The Hall–Kier alpha value is -3.01. The van der Waals surface area contributed by atoms with Crippen molar-refractivity contribution in [3.63, 3.8) is 0 Å². The van der Waals surface area contributed by atoms with Crippen LogP contribution in [0.4, 0.5) is 5.69 Å². The zero-order chi connectivity index (χ0) is 20.7. The molecule has 1 N–H and O–H groups in total. The largest absolute Gasteiger partial charge is 0.456 e. The third-order valence-corrected chi connectivity index (χ3v) is 4.08. The predicted octanol–water partition coefficient (Wildman–Crippen LogP) is 0.894. The van der Waals surface area contributed by atoms with Gasteiger partial charge in [-0.3, -0.25) is 24.5 Å². The standard InChI is InChI=1S/C18H23N3O7/c1-12-9-20(10-13(2)28-12)16(22)11-27-17(23)7-8-19-18(24)14-3-5-15(6-4-14)21(25)26/h3-6,12-13H,7-11H2,1-2H3,(H,19,24)/t12-,13-/m1/s1. The molecule has 0 aliphatic carbocycles. The van der Waals surface area contributed by atoms with Gasteiger partial charge in [-0.2, -0.15) is 0 Å². The number of hydrogen-bond donors (Lipinski definition) is 1. The molecule has 0 aromatic heterocycles. The normalized spacial score (nSPS) is 19.0. The average Bonchev–Trinajstić information content (AvgIpc) is 2.65. The van der Waals surface area contributed by atoms with Crippen LogP contribution in [0.15, 0.2) is 24.3 Å². The molecule has 0 saturated carbocycles. The molecule has 1 aliphatic rings. The zero-order valence-electron chi connectivity index (χ0n) is 15.8. The van der Waals surface area contributed by atoms with Crippen molar-refractivity contribution in [3.05, 3.63) is 39.9 Å². The van der Waals surface area contributed by atoms with Crippen molar-refractivity contribution in [2.75, 3.05) is 26.2 Å². The highest BCUT2D eigenvalue weighted by molar-refractivity contribution is 5.94. The molecule has 0 unspecified atom stereocenters. The summed E-state index contributed by atoms with van der Waals surface area (Å²) < 4.78 is 10.5. The lowest BCUT2D eigenvalue weighted by atomic mass is 10.2. The third kappa shape index (κ3) is 6.31. The van der Waals surface area contributed by atoms with E-state index in [0.717, 1.165) is 0 Å². The lowest BCUT2D eigenvalue weighted by molar-refractivity contribution is -0.384. The molecular formula is C18H23N3O7. The van der Waals surface area contributed by atoms with Crippen molar-refractivity contribution in [1.29, 1.82) is 0 Å². The number of nitro groups is 1. The number of carbonyl (C=O) groups excluding carboxylic acids is 3. The molecule has 10 heteroatoms. The summed E-state index contributed by atoms with van der Waals surface area (Å²) in [5.41, 5.74) is 0.124. The van der Waals surface area contributed by atoms with Crippen LogP contribution in [0, 0.1) is 10.1 Å². The van der Waals surface area contributed by atoms with Crippen molar-refractivity contribution >= 4 is 23.5 Å². The molecule has 1 aromatic carbocycles. The van der Waals surface area contributed by atoms with E-state index in [9.17, 15) is 24.5 Å². The smallest absolute Gasteiger partial charge is 0.308 e. The summed E-state index contributed by atoms with van der Waals surface area (Å²) in [6, 6.07) is 5.10. The molecule has 2 amide bonds. The van der Waals surface area contributed by atoms with Crippen LogP contribution in [-0.4, -0.2) is 66.1 Å². The van der Waals surface area contributed by atoms with Gasteiger partial charge in [0, 0.05) is 37.3 Å². The van der Waals surface area contributed by atoms with Crippen LogP contribution < -0.4 is 5.32 Å². The van der Waals surface area contributed by atoms with Gasteiger partial charge in [0.1, 0.15) is 0 Å². The van der Waals surface area contributed by atoms with Crippen molar-refractivity contribution in [1.82, 2.24) is 10.2 Å². The van der Waals surface area contributed by atoms with E-state index in [1.807, 2.05) is 13.8 Å². The van der Waals surface area contributed by atoms with E-state index < -0.39 is 16.8 Å². The van der Waals surface area contributed by atoms with E-state index in [2.05, 4.69) is 5.32 Å². The minimum absolute atomic E-state index is 0.0223. The zero-order valence-corrected chi connectivity index (χ0v) is 15.8. The van der Waals surface area contributed by atoms with Crippen LogP contribution in [0.25, 0.3) is 0 Å². The predicted molar refractivity (Wildman–Crippen MR) is 97.6 cm³/mol. The fraction of sp³-hybridized carbons (Fsp3) is 0.500. The lowest BCUT2D eigenvalue weighted by Gasteiger charge is -2.35. The number of ether oxygens (including phenoxy) is 2. The number of amides is 2. The quantitative estimate of drug-likeness (QED) is 0.414. The minimum Gasteiger partial charge on any atom is -0.456 e. The maximum atomic E-state index is 12.1. The van der Waals surface area contributed by atoms with Gasteiger partial charge in [0.2, 0.25) is 0 Å². The van der Waals surface area contributed by atoms with Crippen molar-refractivity contribution in [3.8, 4) is 0 Å². The minimum atomic E-state index is -0.605. The summed E-state index contributed by atoms with van der Waals surface area (Å²) in [7, 11) is 0. The first-order chi connectivity index (χ1) is 13.3. The number of nitrogens with one attached hydrogen (secondary N) is 1. The molecule has 0 bridgehead atoms. The van der Waals surface area contributed by atoms with E-state index in [-0.39, 0.29) is 48.9 Å². The van der Waals surface area contributed by atoms with Crippen molar-refractivity contribution in [2.24, 2.45) is 0 Å². The summed E-state index contributed by atoms with van der Waals surface area (Å²) in [6.45, 7) is 4.31. The van der Waals surface area contributed by atoms with Crippen LogP contribution in [0.3, 0.4) is 0 Å². The fourth-order valence-electron chi connectivity index (χ4n) is 2.80. The third-order valence-electron chi connectivity index (χ3n) is 4.08. The van der Waals surface area contributed by atoms with Gasteiger partial charge in [0.25, 0.3) is 17.5 Å². The molecule has 1 heterocycles. The van der Waals surface area contributed by atoms with E-state index in [1.165, 1.54) is 24.3 Å². The first kappa shape index (κ1) is 21.3. The van der Waals surface area contributed by atoms with E-state index in [1.54, 1.807) is 4.90 Å². The Labute approximate surface area is 161 Å². The second-order valence-electron chi connectivity index (χ2n) is 6.53.